The van der Waals surface area contributed by atoms with Crippen molar-refractivity contribution in [2.45, 2.75) is 0 Å². The number of hydrogen-bond acceptors (Lipinski definition) is 4. The minimum absolute atomic E-state index is 0.0886. The lowest BCUT2D eigenvalue weighted by molar-refractivity contribution is -0.115. The SMILES string of the molecule is COc1ccc(OCCSCC(=O)N(C)c2ccccc2)cc1. The van der Waals surface area contributed by atoms with Gasteiger partial charge in [-0.1, -0.05) is 18.2 Å². The molecule has 122 valence electrons. The maximum absolute atomic E-state index is 12.1. The number of carbonyl (C=O) groups is 1. The lowest BCUT2D eigenvalue weighted by Crippen LogP contribution is -2.28. The summed E-state index contributed by atoms with van der Waals surface area (Å²) in [6.07, 6.45) is 0. The Morgan fingerprint density at radius 3 is 2.35 bits per heavy atom. The van der Waals surface area contributed by atoms with Crippen molar-refractivity contribution in [3.8, 4) is 11.5 Å². The Labute approximate surface area is 141 Å². The number of methoxy groups -OCH3 is 1. The van der Waals surface area contributed by atoms with Crippen LogP contribution < -0.4 is 14.4 Å². The molecule has 0 spiro atoms. The first-order valence-electron chi connectivity index (χ1n) is 7.37. The van der Waals surface area contributed by atoms with Crippen molar-refractivity contribution < 1.29 is 14.3 Å². The summed E-state index contributed by atoms with van der Waals surface area (Å²) >= 11 is 1.57. The summed E-state index contributed by atoms with van der Waals surface area (Å²) in [6.45, 7) is 0.569. The molecule has 2 aromatic rings. The van der Waals surface area contributed by atoms with E-state index in [9.17, 15) is 4.79 Å². The molecule has 0 N–H and O–H groups in total. The summed E-state index contributed by atoms with van der Waals surface area (Å²) < 4.78 is 10.7. The monoisotopic (exact) mass is 331 g/mol. The first-order chi connectivity index (χ1) is 11.2. The largest absolute Gasteiger partial charge is 0.497 e. The highest BCUT2D eigenvalue weighted by atomic mass is 32.2. The van der Waals surface area contributed by atoms with Gasteiger partial charge in [0.05, 0.1) is 19.5 Å². The van der Waals surface area contributed by atoms with E-state index in [0.29, 0.717) is 12.4 Å². The fourth-order valence-corrected chi connectivity index (χ4v) is 2.66. The Morgan fingerprint density at radius 1 is 1.04 bits per heavy atom. The van der Waals surface area contributed by atoms with Crippen molar-refractivity contribution in [1.82, 2.24) is 0 Å². The van der Waals surface area contributed by atoms with Crippen molar-refractivity contribution in [2.75, 3.05) is 37.2 Å². The molecule has 0 heterocycles. The fraction of sp³-hybridized carbons (Fsp3) is 0.278. The number of para-hydroxylation sites is 1. The van der Waals surface area contributed by atoms with Crippen LogP contribution in [0.5, 0.6) is 11.5 Å². The highest BCUT2D eigenvalue weighted by Crippen LogP contribution is 2.17. The molecular weight excluding hydrogens is 310 g/mol. The quantitative estimate of drug-likeness (QED) is 0.694. The third-order valence-electron chi connectivity index (χ3n) is 3.30. The van der Waals surface area contributed by atoms with Crippen molar-refractivity contribution in [1.29, 1.82) is 0 Å². The topological polar surface area (TPSA) is 38.8 Å². The second kappa shape index (κ2) is 9.10. The van der Waals surface area contributed by atoms with Crippen LogP contribution in [0.1, 0.15) is 0 Å². The zero-order valence-electron chi connectivity index (χ0n) is 13.4. The van der Waals surface area contributed by atoms with Crippen LogP contribution in [0.4, 0.5) is 5.69 Å². The molecular formula is C18H21NO3S. The Bertz CT molecular complexity index is 601. The van der Waals surface area contributed by atoms with Crippen LogP contribution in [0.25, 0.3) is 0 Å². The summed E-state index contributed by atoms with van der Waals surface area (Å²) in [4.78, 5) is 13.8. The van der Waals surface area contributed by atoms with Crippen molar-refractivity contribution >= 4 is 23.4 Å². The van der Waals surface area contributed by atoms with Gasteiger partial charge in [-0.05, 0) is 36.4 Å². The van der Waals surface area contributed by atoms with Gasteiger partial charge in [0.2, 0.25) is 5.91 Å². The zero-order valence-corrected chi connectivity index (χ0v) is 14.2. The van der Waals surface area contributed by atoms with Crippen LogP contribution in [-0.2, 0) is 4.79 Å². The van der Waals surface area contributed by atoms with Crippen molar-refractivity contribution in [3.63, 3.8) is 0 Å². The lowest BCUT2D eigenvalue weighted by Gasteiger charge is -2.17. The van der Waals surface area contributed by atoms with Crippen LogP contribution in [0.15, 0.2) is 54.6 Å². The average molecular weight is 331 g/mol. The third-order valence-corrected chi connectivity index (χ3v) is 4.21. The van der Waals surface area contributed by atoms with Gasteiger partial charge >= 0.3 is 0 Å². The Kier molecular flexibility index (Phi) is 6.81. The van der Waals surface area contributed by atoms with Crippen LogP contribution >= 0.6 is 11.8 Å². The third kappa shape index (κ3) is 5.53. The molecule has 0 aliphatic rings. The summed E-state index contributed by atoms with van der Waals surface area (Å²) in [5.41, 5.74) is 0.910. The van der Waals surface area contributed by atoms with E-state index in [1.807, 2.05) is 54.6 Å². The molecule has 0 fully saturated rings. The molecule has 23 heavy (non-hydrogen) atoms. The molecule has 0 aliphatic heterocycles. The second-order valence-electron chi connectivity index (χ2n) is 4.86. The lowest BCUT2D eigenvalue weighted by atomic mass is 10.3. The van der Waals surface area contributed by atoms with E-state index in [1.165, 1.54) is 0 Å². The number of amides is 1. The number of benzene rings is 2. The number of nitrogens with zero attached hydrogens (tertiary/aromatic N) is 1. The maximum Gasteiger partial charge on any atom is 0.236 e. The van der Waals surface area contributed by atoms with Gasteiger partial charge in [-0.2, -0.15) is 0 Å². The normalized spacial score (nSPS) is 10.2. The van der Waals surface area contributed by atoms with Gasteiger partial charge in [-0.15, -0.1) is 11.8 Å². The van der Waals surface area contributed by atoms with Gasteiger partial charge in [0, 0.05) is 18.5 Å². The Hall–Kier alpha value is -2.14. The molecule has 0 radical (unpaired) electrons. The van der Waals surface area contributed by atoms with Crippen LogP contribution in [0.2, 0.25) is 0 Å². The molecule has 1 amide bonds. The highest BCUT2D eigenvalue weighted by Gasteiger charge is 2.10. The van der Waals surface area contributed by atoms with E-state index < -0.39 is 0 Å². The van der Waals surface area contributed by atoms with Crippen molar-refractivity contribution in [3.05, 3.63) is 54.6 Å². The molecule has 0 saturated heterocycles. The number of carbonyl (C=O) groups excluding carboxylic acids is 1. The molecule has 0 saturated carbocycles. The minimum atomic E-state index is 0.0886. The molecule has 2 aromatic carbocycles. The second-order valence-corrected chi connectivity index (χ2v) is 5.97. The summed E-state index contributed by atoms with van der Waals surface area (Å²) in [7, 11) is 3.43. The van der Waals surface area contributed by atoms with Crippen molar-refractivity contribution in [2.24, 2.45) is 0 Å². The van der Waals surface area contributed by atoms with Gasteiger partial charge in [0.15, 0.2) is 0 Å². The molecule has 5 heteroatoms. The van der Waals surface area contributed by atoms with E-state index in [-0.39, 0.29) is 5.91 Å². The summed E-state index contributed by atoms with van der Waals surface area (Å²) in [5.74, 6) is 2.91. The van der Waals surface area contributed by atoms with E-state index in [1.54, 1.807) is 30.8 Å². The van der Waals surface area contributed by atoms with Gasteiger partial charge in [0.25, 0.3) is 0 Å². The standard InChI is InChI=1S/C18H21NO3S/c1-19(15-6-4-3-5-7-15)18(20)14-23-13-12-22-17-10-8-16(21-2)9-11-17/h3-11H,12-14H2,1-2H3. The van der Waals surface area contributed by atoms with E-state index in [2.05, 4.69) is 0 Å². The predicted octanol–water partition coefficient (Wildman–Crippen LogP) is 3.47. The highest BCUT2D eigenvalue weighted by molar-refractivity contribution is 7.99. The maximum atomic E-state index is 12.1. The molecule has 0 aromatic heterocycles. The Morgan fingerprint density at radius 2 is 1.70 bits per heavy atom. The fourth-order valence-electron chi connectivity index (χ4n) is 1.94. The van der Waals surface area contributed by atoms with E-state index in [0.717, 1.165) is 22.9 Å². The minimum Gasteiger partial charge on any atom is -0.497 e. The number of rotatable bonds is 8. The predicted molar refractivity (Wildman–Crippen MR) is 95.7 cm³/mol. The molecule has 0 unspecified atom stereocenters. The first kappa shape index (κ1) is 17.2. The smallest absolute Gasteiger partial charge is 0.236 e. The Balaban J connectivity index is 1.65. The number of hydrogen-bond donors (Lipinski definition) is 0. The summed E-state index contributed by atoms with van der Waals surface area (Å²) in [5, 5.41) is 0. The van der Waals surface area contributed by atoms with Crippen LogP contribution in [0, 0.1) is 0 Å². The number of anilines is 1. The number of thioether (sulfide) groups is 1. The van der Waals surface area contributed by atoms with Gasteiger partial charge in [-0.25, -0.2) is 0 Å². The first-order valence-corrected chi connectivity index (χ1v) is 8.52. The molecule has 0 aliphatic carbocycles. The molecule has 2 rings (SSSR count). The summed E-state index contributed by atoms with van der Waals surface area (Å²) in [6, 6.07) is 17.1. The number of ether oxygens (including phenoxy) is 2. The van der Waals surface area contributed by atoms with Gasteiger partial charge in [-0.3, -0.25) is 4.79 Å². The molecule has 0 atom stereocenters. The molecule has 0 bridgehead atoms. The average Bonchev–Trinajstić information content (AvgIpc) is 2.62. The molecule has 4 nitrogen and oxygen atoms in total. The van der Waals surface area contributed by atoms with E-state index in [4.69, 9.17) is 9.47 Å². The zero-order chi connectivity index (χ0) is 16.5. The van der Waals surface area contributed by atoms with Gasteiger partial charge in [0.1, 0.15) is 11.5 Å². The van der Waals surface area contributed by atoms with Crippen LogP contribution in [0.3, 0.4) is 0 Å². The van der Waals surface area contributed by atoms with E-state index >= 15 is 0 Å². The van der Waals surface area contributed by atoms with Crippen LogP contribution in [-0.4, -0.2) is 38.2 Å². The van der Waals surface area contributed by atoms with Gasteiger partial charge < -0.3 is 14.4 Å².